The molecule has 190 valence electrons. The van der Waals surface area contributed by atoms with Gasteiger partial charge in [-0.05, 0) is 44.0 Å². The summed E-state index contributed by atoms with van der Waals surface area (Å²) in [7, 11) is 0. The van der Waals surface area contributed by atoms with Crippen LogP contribution in [0.25, 0.3) is 16.5 Å². The van der Waals surface area contributed by atoms with Crippen molar-refractivity contribution in [3.05, 3.63) is 66.1 Å². The first-order valence-electron chi connectivity index (χ1n) is 12.2. The Morgan fingerprint density at radius 1 is 1.11 bits per heavy atom. The van der Waals surface area contributed by atoms with Gasteiger partial charge in [0.2, 0.25) is 5.91 Å². The lowest BCUT2D eigenvalue weighted by molar-refractivity contribution is -0.137. The van der Waals surface area contributed by atoms with Gasteiger partial charge in [0.25, 0.3) is 0 Å². The number of anilines is 1. The van der Waals surface area contributed by atoms with Crippen LogP contribution in [0.1, 0.15) is 31.4 Å². The van der Waals surface area contributed by atoms with Crippen LogP contribution in [-0.2, 0) is 11.0 Å². The third-order valence-electron chi connectivity index (χ3n) is 7.21. The third kappa shape index (κ3) is 4.84. The number of alkyl halides is 3. The maximum absolute atomic E-state index is 13.1. The maximum atomic E-state index is 13.1. The molecule has 0 radical (unpaired) electrons. The average Bonchev–Trinajstić information content (AvgIpc) is 3.35. The van der Waals surface area contributed by atoms with E-state index in [0.717, 1.165) is 35.2 Å². The molecule has 2 aliphatic rings. The van der Waals surface area contributed by atoms with Gasteiger partial charge in [0.05, 0.1) is 18.4 Å². The van der Waals surface area contributed by atoms with E-state index >= 15 is 0 Å². The smallest absolute Gasteiger partial charge is 0.417 e. The number of aromatic nitrogens is 1. The normalized spacial score (nSPS) is 21.6. The number of halogens is 3. The van der Waals surface area contributed by atoms with E-state index in [1.165, 1.54) is 11.6 Å². The number of hydrogen-bond acceptors (Lipinski definition) is 5. The molecule has 0 saturated carbocycles. The van der Waals surface area contributed by atoms with Crippen LogP contribution in [0.15, 0.2) is 59.4 Å². The van der Waals surface area contributed by atoms with Crippen LogP contribution in [0.4, 0.5) is 19.0 Å². The minimum atomic E-state index is -4.40. The molecule has 0 bridgehead atoms. The lowest BCUT2D eigenvalue weighted by Crippen LogP contribution is -2.58. The first-order chi connectivity index (χ1) is 17.2. The molecule has 0 aliphatic carbocycles. The Labute approximate surface area is 208 Å². The lowest BCUT2D eigenvalue weighted by Gasteiger charge is -2.45. The van der Waals surface area contributed by atoms with Gasteiger partial charge in [-0.25, -0.2) is 4.98 Å². The molecular weight excluding hydrogens is 469 g/mol. The number of hydrogen-bond donors (Lipinski definition) is 0. The van der Waals surface area contributed by atoms with Crippen LogP contribution in [-0.4, -0.2) is 65.5 Å². The van der Waals surface area contributed by atoms with Gasteiger partial charge in [-0.3, -0.25) is 9.69 Å². The van der Waals surface area contributed by atoms with Gasteiger partial charge in [-0.1, -0.05) is 24.3 Å². The van der Waals surface area contributed by atoms with Crippen LogP contribution >= 0.6 is 0 Å². The minimum Gasteiger partial charge on any atom is -0.464 e. The Hall–Kier alpha value is -3.33. The van der Waals surface area contributed by atoms with Gasteiger partial charge in [-0.15, -0.1) is 0 Å². The number of para-hydroxylation sites is 1. The first-order valence-corrected chi connectivity index (χ1v) is 12.2. The summed E-state index contributed by atoms with van der Waals surface area (Å²) in [5.74, 6) is 0.607. The molecule has 5 rings (SSSR count). The number of carbonyl (C=O) groups excluding carboxylic acids is 1. The number of fused-ring (bicyclic) bond motifs is 1. The molecule has 1 aromatic carbocycles. The number of furan rings is 1. The zero-order valence-electron chi connectivity index (χ0n) is 20.3. The molecule has 0 unspecified atom stereocenters. The second-order valence-corrected chi connectivity index (χ2v) is 9.65. The van der Waals surface area contributed by atoms with E-state index in [1.807, 2.05) is 41.8 Å². The van der Waals surface area contributed by atoms with E-state index in [-0.39, 0.29) is 18.0 Å². The SMILES string of the molecule is C[C@@H]1CN(c2ccc(C(F)(F)F)cn2)[C@@H](C)CN1CC(=O)N1CC=C(c2cccc3ccoc23)CC1. The van der Waals surface area contributed by atoms with Crippen molar-refractivity contribution in [1.82, 2.24) is 14.8 Å². The van der Waals surface area contributed by atoms with Crippen molar-refractivity contribution in [2.45, 2.75) is 38.5 Å². The summed E-state index contributed by atoms with van der Waals surface area (Å²) in [6.45, 7) is 6.79. The number of carbonyl (C=O) groups is 1. The Bertz CT molecular complexity index is 1270. The van der Waals surface area contributed by atoms with Crippen LogP contribution in [0.3, 0.4) is 0 Å². The number of pyridine rings is 1. The molecule has 0 spiro atoms. The molecule has 1 fully saturated rings. The third-order valence-corrected chi connectivity index (χ3v) is 7.21. The highest BCUT2D eigenvalue weighted by Crippen LogP contribution is 2.31. The summed E-state index contributed by atoms with van der Waals surface area (Å²) in [6, 6.07) is 10.6. The zero-order chi connectivity index (χ0) is 25.4. The molecule has 6 nitrogen and oxygen atoms in total. The van der Waals surface area contributed by atoms with E-state index in [9.17, 15) is 18.0 Å². The standard InChI is InChI=1S/C27H29F3N4O2/c1-18-16-34(24-7-6-22(14-31-24)27(28,29)30)19(2)15-33(18)17-25(35)32-11-8-20(9-12-32)23-5-3-4-21-10-13-36-26(21)23/h3-8,10,13-14,18-19H,9,11-12,15-17H2,1-2H3/t18-,19+/m1/s1. The van der Waals surface area contributed by atoms with Crippen molar-refractivity contribution in [1.29, 1.82) is 0 Å². The monoisotopic (exact) mass is 498 g/mol. The number of benzene rings is 1. The highest BCUT2D eigenvalue weighted by atomic mass is 19.4. The Balaban J connectivity index is 1.19. The Morgan fingerprint density at radius 2 is 1.94 bits per heavy atom. The summed E-state index contributed by atoms with van der Waals surface area (Å²) >= 11 is 0. The highest BCUT2D eigenvalue weighted by molar-refractivity contribution is 5.90. The molecule has 1 saturated heterocycles. The van der Waals surface area contributed by atoms with Gasteiger partial charge in [0.15, 0.2) is 0 Å². The van der Waals surface area contributed by atoms with Gasteiger partial charge >= 0.3 is 6.18 Å². The largest absolute Gasteiger partial charge is 0.464 e. The molecule has 3 aromatic rings. The fourth-order valence-electron chi connectivity index (χ4n) is 5.12. The molecule has 2 aliphatic heterocycles. The maximum Gasteiger partial charge on any atom is 0.417 e. The van der Waals surface area contributed by atoms with Crippen molar-refractivity contribution in [2.75, 3.05) is 37.6 Å². The second-order valence-electron chi connectivity index (χ2n) is 9.65. The summed E-state index contributed by atoms with van der Waals surface area (Å²) in [6.07, 6.45) is 1.06. The topological polar surface area (TPSA) is 52.8 Å². The van der Waals surface area contributed by atoms with Crippen molar-refractivity contribution in [3.63, 3.8) is 0 Å². The number of piperazine rings is 1. The predicted molar refractivity (Wildman–Crippen MR) is 132 cm³/mol. The van der Waals surface area contributed by atoms with E-state index in [0.29, 0.717) is 38.5 Å². The van der Waals surface area contributed by atoms with Crippen LogP contribution in [0, 0.1) is 0 Å². The minimum absolute atomic E-state index is 0.0138. The summed E-state index contributed by atoms with van der Waals surface area (Å²) in [4.78, 5) is 23.2. The van der Waals surface area contributed by atoms with E-state index in [1.54, 1.807) is 6.26 Å². The number of amides is 1. The first kappa shape index (κ1) is 24.4. The molecular formula is C27H29F3N4O2. The molecule has 1 amide bonds. The van der Waals surface area contributed by atoms with Crippen molar-refractivity contribution < 1.29 is 22.4 Å². The molecule has 36 heavy (non-hydrogen) atoms. The summed E-state index contributed by atoms with van der Waals surface area (Å²) in [5, 5.41) is 1.07. The van der Waals surface area contributed by atoms with Crippen LogP contribution in [0.2, 0.25) is 0 Å². The zero-order valence-corrected chi connectivity index (χ0v) is 20.3. The van der Waals surface area contributed by atoms with Gasteiger partial charge in [0, 0.05) is 55.4 Å². The van der Waals surface area contributed by atoms with Gasteiger partial charge in [-0.2, -0.15) is 13.2 Å². The molecule has 2 atom stereocenters. The van der Waals surface area contributed by atoms with Crippen LogP contribution in [0.5, 0.6) is 0 Å². The lowest BCUT2D eigenvalue weighted by atomic mass is 9.98. The average molecular weight is 499 g/mol. The van der Waals surface area contributed by atoms with E-state index in [4.69, 9.17) is 4.42 Å². The van der Waals surface area contributed by atoms with Gasteiger partial charge < -0.3 is 14.2 Å². The molecule has 2 aromatic heterocycles. The van der Waals surface area contributed by atoms with Crippen molar-refractivity contribution in [2.24, 2.45) is 0 Å². The fraction of sp³-hybridized carbons (Fsp3) is 0.407. The second kappa shape index (κ2) is 9.61. The molecule has 4 heterocycles. The van der Waals surface area contributed by atoms with Crippen molar-refractivity contribution in [3.8, 4) is 0 Å². The van der Waals surface area contributed by atoms with E-state index in [2.05, 4.69) is 22.0 Å². The highest BCUT2D eigenvalue weighted by Gasteiger charge is 2.34. The van der Waals surface area contributed by atoms with E-state index < -0.39 is 11.7 Å². The van der Waals surface area contributed by atoms with Crippen molar-refractivity contribution >= 4 is 28.3 Å². The molecule has 0 N–H and O–H groups in total. The quantitative estimate of drug-likeness (QED) is 0.503. The Kier molecular flexibility index (Phi) is 6.51. The summed E-state index contributed by atoms with van der Waals surface area (Å²) in [5.41, 5.74) is 2.40. The number of nitrogens with zero attached hydrogens (tertiary/aromatic N) is 4. The molecule has 9 heteroatoms. The Morgan fingerprint density at radius 3 is 2.64 bits per heavy atom. The predicted octanol–water partition coefficient (Wildman–Crippen LogP) is 5.06. The fourth-order valence-corrected chi connectivity index (χ4v) is 5.12. The van der Waals surface area contributed by atoms with Gasteiger partial charge in [0.1, 0.15) is 11.4 Å². The number of rotatable bonds is 4. The summed E-state index contributed by atoms with van der Waals surface area (Å²) < 4.78 is 44.3. The van der Waals surface area contributed by atoms with Crippen LogP contribution < -0.4 is 4.90 Å².